The van der Waals surface area contributed by atoms with Crippen LogP contribution >= 0.6 is 11.8 Å². The number of nitrogens with one attached hydrogen (secondary N) is 1. The van der Waals surface area contributed by atoms with Crippen molar-refractivity contribution in [3.63, 3.8) is 0 Å². The van der Waals surface area contributed by atoms with Crippen molar-refractivity contribution < 1.29 is 4.74 Å². The summed E-state index contributed by atoms with van der Waals surface area (Å²) < 4.78 is 5.82. The molecule has 0 aromatic heterocycles. The fraction of sp³-hybridized carbons (Fsp3) is 1.00. The van der Waals surface area contributed by atoms with Gasteiger partial charge in [0.2, 0.25) is 0 Å². The molecule has 2 aliphatic heterocycles. The van der Waals surface area contributed by atoms with Gasteiger partial charge in [0.15, 0.2) is 0 Å². The van der Waals surface area contributed by atoms with E-state index in [1.54, 1.807) is 0 Å². The Balaban J connectivity index is 1.65. The molecular formula is C12H21NOS. The molecule has 4 unspecified atom stereocenters. The van der Waals surface area contributed by atoms with Gasteiger partial charge in [0, 0.05) is 35.8 Å². The summed E-state index contributed by atoms with van der Waals surface area (Å²) in [5.41, 5.74) is 0.356. The molecule has 1 N–H and O–H groups in total. The molecule has 0 spiro atoms. The second kappa shape index (κ2) is 3.64. The standard InChI is InChI=1S/C12H21NOS/c1-12(2)10(9-3-5-14-11(9)12)13-8-4-6-15-7-8/h8-11,13H,3-7H2,1-2H3. The molecule has 1 saturated carbocycles. The van der Waals surface area contributed by atoms with Crippen molar-refractivity contribution in [1.29, 1.82) is 0 Å². The molecule has 0 amide bonds. The minimum Gasteiger partial charge on any atom is -0.377 e. The zero-order valence-corrected chi connectivity index (χ0v) is 10.5. The average molecular weight is 227 g/mol. The molecule has 0 radical (unpaired) electrons. The molecule has 2 heterocycles. The summed E-state index contributed by atoms with van der Waals surface area (Å²) in [5.74, 6) is 3.45. The predicted molar refractivity (Wildman–Crippen MR) is 64.3 cm³/mol. The molecule has 0 aromatic rings. The highest BCUT2D eigenvalue weighted by Gasteiger charge is 2.59. The molecule has 0 bridgehead atoms. The van der Waals surface area contributed by atoms with E-state index in [0.717, 1.165) is 18.6 Å². The van der Waals surface area contributed by atoms with E-state index < -0.39 is 0 Å². The van der Waals surface area contributed by atoms with Crippen molar-refractivity contribution in [2.75, 3.05) is 18.1 Å². The van der Waals surface area contributed by atoms with Crippen LogP contribution in [0.15, 0.2) is 0 Å². The Kier molecular flexibility index (Phi) is 2.53. The Morgan fingerprint density at radius 3 is 2.93 bits per heavy atom. The Morgan fingerprint density at radius 1 is 1.33 bits per heavy atom. The first-order valence-corrected chi connectivity index (χ1v) is 7.30. The molecule has 3 fully saturated rings. The fourth-order valence-electron chi connectivity index (χ4n) is 3.58. The third-order valence-electron chi connectivity index (χ3n) is 4.45. The number of ether oxygens (including phenoxy) is 1. The summed E-state index contributed by atoms with van der Waals surface area (Å²) >= 11 is 2.09. The summed E-state index contributed by atoms with van der Waals surface area (Å²) in [7, 11) is 0. The lowest BCUT2D eigenvalue weighted by Crippen LogP contribution is -2.67. The van der Waals surface area contributed by atoms with Crippen LogP contribution in [-0.4, -0.2) is 36.3 Å². The number of fused-ring (bicyclic) bond motifs is 1. The van der Waals surface area contributed by atoms with E-state index in [9.17, 15) is 0 Å². The first kappa shape index (κ1) is 10.4. The highest BCUT2D eigenvalue weighted by atomic mass is 32.2. The topological polar surface area (TPSA) is 21.3 Å². The van der Waals surface area contributed by atoms with Gasteiger partial charge < -0.3 is 10.1 Å². The maximum atomic E-state index is 5.82. The van der Waals surface area contributed by atoms with Gasteiger partial charge in [-0.25, -0.2) is 0 Å². The maximum Gasteiger partial charge on any atom is 0.0685 e. The van der Waals surface area contributed by atoms with Crippen molar-refractivity contribution >= 4 is 11.8 Å². The molecule has 3 aliphatic rings. The van der Waals surface area contributed by atoms with Crippen molar-refractivity contribution in [2.45, 2.75) is 44.9 Å². The molecular weight excluding hydrogens is 206 g/mol. The van der Waals surface area contributed by atoms with Crippen molar-refractivity contribution in [2.24, 2.45) is 11.3 Å². The van der Waals surface area contributed by atoms with Crippen molar-refractivity contribution in [3.8, 4) is 0 Å². The van der Waals surface area contributed by atoms with Gasteiger partial charge in [0.05, 0.1) is 6.10 Å². The Hall–Kier alpha value is 0.270. The van der Waals surface area contributed by atoms with Gasteiger partial charge >= 0.3 is 0 Å². The van der Waals surface area contributed by atoms with Crippen LogP contribution in [0, 0.1) is 11.3 Å². The van der Waals surface area contributed by atoms with Crippen LogP contribution < -0.4 is 5.32 Å². The second-order valence-corrected chi connectivity index (χ2v) is 6.92. The van der Waals surface area contributed by atoms with Gasteiger partial charge in [-0.1, -0.05) is 13.8 Å². The third-order valence-corrected chi connectivity index (χ3v) is 5.61. The maximum absolute atomic E-state index is 5.82. The van der Waals surface area contributed by atoms with Crippen LogP contribution in [-0.2, 0) is 4.74 Å². The van der Waals surface area contributed by atoms with Gasteiger partial charge in [-0.05, 0) is 18.6 Å². The van der Waals surface area contributed by atoms with Crippen LogP contribution in [0.2, 0.25) is 0 Å². The summed E-state index contributed by atoms with van der Waals surface area (Å²) in [6, 6.07) is 1.47. The van der Waals surface area contributed by atoms with Crippen LogP contribution in [0.1, 0.15) is 26.7 Å². The van der Waals surface area contributed by atoms with E-state index in [1.165, 1.54) is 24.3 Å². The molecule has 4 atom stereocenters. The van der Waals surface area contributed by atoms with Crippen molar-refractivity contribution in [3.05, 3.63) is 0 Å². The SMILES string of the molecule is CC1(C)C(NC2CCSC2)C2CCOC21. The predicted octanol–water partition coefficient (Wildman–Crippen LogP) is 1.89. The first-order valence-electron chi connectivity index (χ1n) is 6.15. The smallest absolute Gasteiger partial charge is 0.0685 e. The summed E-state index contributed by atoms with van der Waals surface area (Å²) in [6.07, 6.45) is 3.16. The first-order chi connectivity index (χ1) is 7.19. The Morgan fingerprint density at radius 2 is 2.20 bits per heavy atom. The van der Waals surface area contributed by atoms with E-state index in [0.29, 0.717) is 17.6 Å². The van der Waals surface area contributed by atoms with Gasteiger partial charge in [-0.2, -0.15) is 11.8 Å². The molecule has 2 nitrogen and oxygen atoms in total. The second-order valence-electron chi connectivity index (χ2n) is 5.77. The molecule has 0 aromatic carbocycles. The highest BCUT2D eigenvalue weighted by molar-refractivity contribution is 7.99. The fourth-order valence-corrected chi connectivity index (χ4v) is 4.75. The highest BCUT2D eigenvalue weighted by Crippen LogP contribution is 2.52. The zero-order chi connectivity index (χ0) is 10.5. The molecule has 3 heteroatoms. The van der Waals surface area contributed by atoms with E-state index in [1.807, 2.05) is 0 Å². The normalized spacial score (nSPS) is 47.6. The van der Waals surface area contributed by atoms with Crippen LogP contribution in [0.5, 0.6) is 0 Å². The largest absolute Gasteiger partial charge is 0.377 e. The monoisotopic (exact) mass is 227 g/mol. The van der Waals surface area contributed by atoms with Crippen LogP contribution in [0.25, 0.3) is 0 Å². The summed E-state index contributed by atoms with van der Waals surface area (Å²) in [4.78, 5) is 0. The Bertz CT molecular complexity index is 250. The minimum atomic E-state index is 0.356. The van der Waals surface area contributed by atoms with Crippen molar-refractivity contribution in [1.82, 2.24) is 5.32 Å². The third kappa shape index (κ3) is 1.55. The van der Waals surface area contributed by atoms with E-state index in [2.05, 4.69) is 30.9 Å². The van der Waals surface area contributed by atoms with Gasteiger partial charge in [-0.3, -0.25) is 0 Å². The lowest BCUT2D eigenvalue weighted by atomic mass is 9.57. The van der Waals surface area contributed by atoms with Gasteiger partial charge in [0.1, 0.15) is 0 Å². The molecule has 15 heavy (non-hydrogen) atoms. The number of hydrogen-bond donors (Lipinski definition) is 1. The van der Waals surface area contributed by atoms with Gasteiger partial charge in [-0.15, -0.1) is 0 Å². The minimum absolute atomic E-state index is 0.356. The summed E-state index contributed by atoms with van der Waals surface area (Å²) in [6.45, 7) is 5.70. The molecule has 3 rings (SSSR count). The van der Waals surface area contributed by atoms with Crippen LogP contribution in [0.4, 0.5) is 0 Å². The van der Waals surface area contributed by atoms with Crippen LogP contribution in [0.3, 0.4) is 0 Å². The van der Waals surface area contributed by atoms with Gasteiger partial charge in [0.25, 0.3) is 0 Å². The summed E-state index contributed by atoms with van der Waals surface area (Å²) in [5, 5.41) is 3.88. The lowest BCUT2D eigenvalue weighted by Gasteiger charge is -2.55. The number of hydrogen-bond acceptors (Lipinski definition) is 3. The molecule has 1 aliphatic carbocycles. The van der Waals surface area contributed by atoms with E-state index in [-0.39, 0.29) is 0 Å². The van der Waals surface area contributed by atoms with E-state index in [4.69, 9.17) is 4.74 Å². The number of thioether (sulfide) groups is 1. The lowest BCUT2D eigenvalue weighted by molar-refractivity contribution is -0.114. The Labute approximate surface area is 96.5 Å². The van der Waals surface area contributed by atoms with E-state index >= 15 is 0 Å². The molecule has 2 saturated heterocycles. The zero-order valence-electron chi connectivity index (χ0n) is 9.66. The average Bonchev–Trinajstić information content (AvgIpc) is 2.84. The molecule has 86 valence electrons. The number of rotatable bonds is 2. The quantitative estimate of drug-likeness (QED) is 0.778.